The van der Waals surface area contributed by atoms with E-state index < -0.39 is 5.54 Å². The number of benzene rings is 2. The zero-order valence-electron chi connectivity index (χ0n) is 15.5. The molecule has 0 radical (unpaired) electrons. The monoisotopic (exact) mass is 379 g/mol. The summed E-state index contributed by atoms with van der Waals surface area (Å²) < 4.78 is 1.10. The molecule has 0 fully saturated rings. The number of aromatic hydroxyl groups is 1. The third-order valence-corrected chi connectivity index (χ3v) is 6.15. The maximum Gasteiger partial charge on any atom is 0.231 e. The van der Waals surface area contributed by atoms with Crippen LogP contribution in [0.1, 0.15) is 24.5 Å². The van der Waals surface area contributed by atoms with Crippen molar-refractivity contribution >= 4 is 33.3 Å². The lowest BCUT2D eigenvalue weighted by Gasteiger charge is -2.34. The molecular weight excluding hydrogens is 358 g/mol. The number of carbonyl (C=O) groups is 1. The summed E-state index contributed by atoms with van der Waals surface area (Å²) in [5.41, 5.74) is 8.95. The summed E-state index contributed by atoms with van der Waals surface area (Å²) in [7, 11) is 1.64. The molecular formula is C21H21N3O2S. The van der Waals surface area contributed by atoms with E-state index in [-0.39, 0.29) is 24.0 Å². The van der Waals surface area contributed by atoms with Gasteiger partial charge >= 0.3 is 0 Å². The van der Waals surface area contributed by atoms with Crippen LogP contribution >= 0.6 is 11.3 Å². The van der Waals surface area contributed by atoms with Crippen molar-refractivity contribution in [3.63, 3.8) is 0 Å². The number of thiophene rings is 1. The second kappa shape index (κ2) is 6.09. The van der Waals surface area contributed by atoms with Gasteiger partial charge in [0, 0.05) is 22.9 Å². The number of rotatable bonds is 2. The van der Waals surface area contributed by atoms with E-state index in [9.17, 15) is 9.90 Å². The van der Waals surface area contributed by atoms with E-state index in [0.29, 0.717) is 0 Å². The Morgan fingerprint density at radius 3 is 2.74 bits per heavy atom. The van der Waals surface area contributed by atoms with Gasteiger partial charge in [-0.15, -0.1) is 11.3 Å². The molecule has 3 aromatic rings. The predicted molar refractivity (Wildman–Crippen MR) is 110 cm³/mol. The molecule has 0 unspecified atom stereocenters. The lowest BCUT2D eigenvalue weighted by atomic mass is 9.85. The number of amides is 1. The van der Waals surface area contributed by atoms with Crippen LogP contribution in [0.5, 0.6) is 5.75 Å². The van der Waals surface area contributed by atoms with Crippen molar-refractivity contribution in [2.45, 2.75) is 25.8 Å². The molecule has 1 amide bonds. The average Bonchev–Trinajstić information content (AvgIpc) is 3.09. The van der Waals surface area contributed by atoms with Gasteiger partial charge in [0.2, 0.25) is 5.91 Å². The first-order chi connectivity index (χ1) is 12.8. The molecule has 2 aromatic carbocycles. The van der Waals surface area contributed by atoms with Gasteiger partial charge < -0.3 is 10.8 Å². The lowest BCUT2D eigenvalue weighted by Crippen LogP contribution is -2.47. The fraction of sp³-hybridized carbons (Fsp3) is 0.238. The molecule has 0 aliphatic carbocycles. The minimum Gasteiger partial charge on any atom is -0.507 e. The normalized spacial score (nSPS) is 20.2. The summed E-state index contributed by atoms with van der Waals surface area (Å²) in [6.45, 7) is 3.93. The molecule has 0 spiro atoms. The molecule has 1 atom stereocenters. The molecule has 1 aliphatic rings. The molecule has 1 aliphatic heterocycles. The quantitative estimate of drug-likeness (QED) is 0.707. The van der Waals surface area contributed by atoms with Crippen molar-refractivity contribution < 1.29 is 9.90 Å². The summed E-state index contributed by atoms with van der Waals surface area (Å²) in [4.78, 5) is 18.4. The van der Waals surface area contributed by atoms with E-state index >= 15 is 0 Å². The van der Waals surface area contributed by atoms with E-state index in [1.165, 1.54) is 4.90 Å². The molecule has 2 heterocycles. The van der Waals surface area contributed by atoms with Gasteiger partial charge in [-0.05, 0) is 60.5 Å². The highest BCUT2D eigenvalue weighted by Gasteiger charge is 2.36. The van der Waals surface area contributed by atoms with Crippen LogP contribution < -0.4 is 5.73 Å². The number of hydrogen-bond donors (Lipinski definition) is 2. The molecule has 138 valence electrons. The maximum absolute atomic E-state index is 12.4. The first kappa shape index (κ1) is 17.5. The number of fused-ring (bicyclic) bond motifs is 1. The van der Waals surface area contributed by atoms with Gasteiger partial charge in [0.25, 0.3) is 0 Å². The van der Waals surface area contributed by atoms with Gasteiger partial charge in [-0.2, -0.15) is 0 Å². The molecule has 3 N–H and O–H groups in total. The van der Waals surface area contributed by atoms with E-state index in [4.69, 9.17) is 5.73 Å². The Labute approximate surface area is 161 Å². The van der Waals surface area contributed by atoms with Crippen molar-refractivity contribution in [1.82, 2.24) is 4.90 Å². The Hall–Kier alpha value is -2.86. The topological polar surface area (TPSA) is 78.9 Å². The summed E-state index contributed by atoms with van der Waals surface area (Å²) in [6.07, 6.45) is 0.249. The zero-order chi connectivity index (χ0) is 19.3. The van der Waals surface area contributed by atoms with Crippen molar-refractivity contribution in [2.24, 2.45) is 10.7 Å². The number of guanidine groups is 1. The minimum absolute atomic E-state index is 0.0598. The minimum atomic E-state index is -0.738. The highest BCUT2D eigenvalue weighted by Crippen LogP contribution is 2.42. The fourth-order valence-electron chi connectivity index (χ4n) is 3.53. The molecule has 4 rings (SSSR count). The smallest absolute Gasteiger partial charge is 0.231 e. The Balaban J connectivity index is 1.97. The highest BCUT2D eigenvalue weighted by atomic mass is 32.1. The van der Waals surface area contributed by atoms with E-state index in [2.05, 4.69) is 11.1 Å². The van der Waals surface area contributed by atoms with Gasteiger partial charge in [-0.1, -0.05) is 11.6 Å². The van der Waals surface area contributed by atoms with E-state index in [1.807, 2.05) is 43.5 Å². The van der Waals surface area contributed by atoms with Crippen molar-refractivity contribution in [3.8, 4) is 16.9 Å². The Morgan fingerprint density at radius 1 is 1.22 bits per heavy atom. The molecule has 0 saturated carbocycles. The first-order valence-electron chi connectivity index (χ1n) is 8.72. The average molecular weight is 379 g/mol. The van der Waals surface area contributed by atoms with Gasteiger partial charge in [0.1, 0.15) is 5.75 Å². The van der Waals surface area contributed by atoms with Gasteiger partial charge in [0.15, 0.2) is 5.96 Å². The molecule has 0 bridgehead atoms. The van der Waals surface area contributed by atoms with Gasteiger partial charge in [-0.25, -0.2) is 4.99 Å². The second-order valence-corrected chi connectivity index (χ2v) is 8.17. The van der Waals surface area contributed by atoms with Crippen LogP contribution in [0.3, 0.4) is 0 Å². The summed E-state index contributed by atoms with van der Waals surface area (Å²) in [6, 6.07) is 11.7. The maximum atomic E-state index is 12.4. The largest absolute Gasteiger partial charge is 0.507 e. The molecule has 5 nitrogen and oxygen atoms in total. The van der Waals surface area contributed by atoms with Crippen molar-refractivity contribution in [3.05, 3.63) is 52.9 Å². The number of carbonyl (C=O) groups excluding carboxylic acids is 1. The van der Waals surface area contributed by atoms with Crippen LogP contribution in [0.15, 0.2) is 46.8 Å². The fourth-order valence-corrected chi connectivity index (χ4v) is 4.44. The second-order valence-electron chi connectivity index (χ2n) is 7.26. The highest BCUT2D eigenvalue weighted by molar-refractivity contribution is 7.17. The Kier molecular flexibility index (Phi) is 3.96. The van der Waals surface area contributed by atoms with Crippen LogP contribution in [0, 0.1) is 6.92 Å². The number of phenolic OH excluding ortho intramolecular Hbond substituents is 1. The van der Waals surface area contributed by atoms with Crippen LogP contribution in [-0.4, -0.2) is 28.9 Å². The Bertz CT molecular complexity index is 1100. The summed E-state index contributed by atoms with van der Waals surface area (Å²) in [5, 5.41) is 13.6. The summed E-state index contributed by atoms with van der Waals surface area (Å²) >= 11 is 1.63. The van der Waals surface area contributed by atoms with Gasteiger partial charge in [-0.3, -0.25) is 9.69 Å². The van der Waals surface area contributed by atoms with Crippen LogP contribution in [-0.2, 0) is 10.3 Å². The third kappa shape index (κ3) is 2.86. The number of nitrogens with two attached hydrogens (primary N) is 1. The zero-order valence-corrected chi connectivity index (χ0v) is 16.3. The van der Waals surface area contributed by atoms with E-state index in [0.717, 1.165) is 32.3 Å². The number of aryl methyl sites for hydroxylation is 1. The number of aliphatic imine (C=N–C) groups is 1. The number of phenols is 1. The first-order valence-corrected chi connectivity index (χ1v) is 9.60. The molecule has 6 heteroatoms. The number of hydrogen-bond acceptors (Lipinski definition) is 5. The SMILES string of the molecule is Cc1ccc(O)c(-c2cc([C@]3(C)CC(=O)N(C)C(N)=N3)cc3ccsc23)c1. The van der Waals surface area contributed by atoms with Crippen molar-refractivity contribution in [1.29, 1.82) is 0 Å². The standard InChI is InChI=1S/C21H21N3O2S/c1-12-4-5-17(25)15(8-12)16-10-14(9-13-6-7-27-19(13)16)21(2)11-18(26)24(3)20(22)23-21/h4-10,25H,11H2,1-3H3,(H2,22,23)/t21-/m0/s1. The molecule has 27 heavy (non-hydrogen) atoms. The molecule has 1 aromatic heterocycles. The van der Waals surface area contributed by atoms with E-state index in [1.54, 1.807) is 24.5 Å². The van der Waals surface area contributed by atoms with Crippen LogP contribution in [0.4, 0.5) is 0 Å². The third-order valence-electron chi connectivity index (χ3n) is 5.19. The Morgan fingerprint density at radius 2 is 2.00 bits per heavy atom. The summed E-state index contributed by atoms with van der Waals surface area (Å²) in [5.74, 6) is 0.398. The predicted octanol–water partition coefficient (Wildman–Crippen LogP) is 3.97. The van der Waals surface area contributed by atoms with Crippen LogP contribution in [0.25, 0.3) is 21.2 Å². The van der Waals surface area contributed by atoms with Crippen molar-refractivity contribution in [2.75, 3.05) is 7.05 Å². The van der Waals surface area contributed by atoms with Crippen LogP contribution in [0.2, 0.25) is 0 Å². The van der Waals surface area contributed by atoms with Gasteiger partial charge in [0.05, 0.1) is 12.0 Å². The lowest BCUT2D eigenvalue weighted by molar-refractivity contribution is -0.128. The number of nitrogens with zero attached hydrogens (tertiary/aromatic N) is 2. The molecule has 0 saturated heterocycles.